The third kappa shape index (κ3) is 4.29. The monoisotopic (exact) mass is 377 g/mol. The minimum absolute atomic E-state index is 0.00439. The first-order valence-corrected chi connectivity index (χ1v) is 8.63. The van der Waals surface area contributed by atoms with Gasteiger partial charge in [-0.15, -0.1) is 0 Å². The number of phenols is 1. The first kappa shape index (κ1) is 16.8. The van der Waals surface area contributed by atoms with E-state index in [1.54, 1.807) is 6.07 Å². The van der Waals surface area contributed by atoms with Gasteiger partial charge >= 0.3 is 0 Å². The van der Waals surface area contributed by atoms with E-state index < -0.39 is 0 Å². The number of ether oxygens (including phenoxy) is 1. The molecule has 0 fully saturated rings. The summed E-state index contributed by atoms with van der Waals surface area (Å²) < 4.78 is 8.93. The van der Waals surface area contributed by atoms with E-state index in [2.05, 4.69) is 4.72 Å². The van der Waals surface area contributed by atoms with Gasteiger partial charge in [0.25, 0.3) is 0 Å². The van der Waals surface area contributed by atoms with Crippen molar-refractivity contribution in [2.75, 3.05) is 4.72 Å². The Kier molecular flexibility index (Phi) is 5.41. The van der Waals surface area contributed by atoms with Crippen molar-refractivity contribution < 1.29 is 9.84 Å². The van der Waals surface area contributed by atoms with E-state index >= 15 is 0 Å². The molecule has 3 rings (SSSR count). The molecule has 0 heterocycles. The molecule has 0 saturated heterocycles. The molecular formula is C18H13Cl2NO2S. The average molecular weight is 378 g/mol. The zero-order chi connectivity index (χ0) is 16.9. The van der Waals surface area contributed by atoms with Crippen molar-refractivity contribution in [1.29, 1.82) is 0 Å². The minimum Gasteiger partial charge on any atom is -0.505 e. The van der Waals surface area contributed by atoms with Gasteiger partial charge < -0.3 is 14.6 Å². The standard InChI is InChI=1S/C18H13Cl2NO2S/c19-12-9-16(20)18(22)17(10-12)24-21-13-5-4-8-15(11-13)23-14-6-2-1-3-7-14/h1-11,21-22H. The van der Waals surface area contributed by atoms with Gasteiger partial charge in [0.05, 0.1) is 9.92 Å². The maximum Gasteiger partial charge on any atom is 0.149 e. The summed E-state index contributed by atoms with van der Waals surface area (Å²) in [5.74, 6) is 1.47. The van der Waals surface area contributed by atoms with E-state index in [0.717, 1.165) is 11.4 Å². The van der Waals surface area contributed by atoms with Crippen molar-refractivity contribution in [3.8, 4) is 17.2 Å². The van der Waals surface area contributed by atoms with Crippen LogP contribution >= 0.6 is 35.1 Å². The van der Waals surface area contributed by atoms with Crippen LogP contribution in [0.2, 0.25) is 10.0 Å². The Morgan fingerprint density at radius 1 is 0.875 bits per heavy atom. The average Bonchev–Trinajstić information content (AvgIpc) is 2.58. The number of hydrogen-bond donors (Lipinski definition) is 2. The van der Waals surface area contributed by atoms with Gasteiger partial charge in [0.1, 0.15) is 17.2 Å². The van der Waals surface area contributed by atoms with Crippen LogP contribution in [0.25, 0.3) is 0 Å². The molecule has 0 aliphatic rings. The maximum absolute atomic E-state index is 9.97. The Labute approximate surface area is 154 Å². The molecule has 0 amide bonds. The van der Waals surface area contributed by atoms with Crippen LogP contribution in [0.4, 0.5) is 5.69 Å². The Bertz CT molecular complexity index is 844. The highest BCUT2D eigenvalue weighted by atomic mass is 35.5. The number of anilines is 1. The Hall–Kier alpha value is -2.01. The quantitative estimate of drug-likeness (QED) is 0.490. The van der Waals surface area contributed by atoms with Gasteiger partial charge in [-0.1, -0.05) is 47.5 Å². The molecule has 0 aliphatic heterocycles. The van der Waals surface area contributed by atoms with Crippen molar-refractivity contribution in [3.05, 3.63) is 76.8 Å². The molecule has 0 radical (unpaired) electrons. The van der Waals surface area contributed by atoms with Gasteiger partial charge in [0, 0.05) is 16.8 Å². The highest BCUT2D eigenvalue weighted by molar-refractivity contribution is 8.00. The highest BCUT2D eigenvalue weighted by Gasteiger charge is 2.09. The van der Waals surface area contributed by atoms with Crippen LogP contribution in [-0.4, -0.2) is 5.11 Å². The van der Waals surface area contributed by atoms with E-state index in [-0.39, 0.29) is 10.8 Å². The summed E-state index contributed by atoms with van der Waals surface area (Å²) in [5.41, 5.74) is 0.823. The summed E-state index contributed by atoms with van der Waals surface area (Å²) in [4.78, 5) is 0.543. The maximum atomic E-state index is 9.97. The van der Waals surface area contributed by atoms with Crippen molar-refractivity contribution >= 4 is 40.8 Å². The Morgan fingerprint density at radius 2 is 1.62 bits per heavy atom. The smallest absolute Gasteiger partial charge is 0.149 e. The van der Waals surface area contributed by atoms with Gasteiger partial charge in [0.2, 0.25) is 0 Å². The lowest BCUT2D eigenvalue weighted by Crippen LogP contribution is -1.89. The van der Waals surface area contributed by atoms with Gasteiger partial charge in [-0.3, -0.25) is 0 Å². The molecule has 2 N–H and O–H groups in total. The van der Waals surface area contributed by atoms with Crippen LogP contribution in [0.5, 0.6) is 17.2 Å². The normalized spacial score (nSPS) is 10.4. The highest BCUT2D eigenvalue weighted by Crippen LogP contribution is 2.38. The number of halogens is 2. The summed E-state index contributed by atoms with van der Waals surface area (Å²) in [6, 6.07) is 20.2. The molecule has 0 atom stereocenters. The van der Waals surface area contributed by atoms with E-state index in [4.69, 9.17) is 27.9 Å². The van der Waals surface area contributed by atoms with Crippen LogP contribution in [0.3, 0.4) is 0 Å². The lowest BCUT2D eigenvalue weighted by molar-refractivity contribution is 0.463. The van der Waals surface area contributed by atoms with Crippen molar-refractivity contribution in [1.82, 2.24) is 0 Å². The molecule has 0 aliphatic carbocycles. The number of phenolic OH excluding ortho intramolecular Hbond substituents is 1. The predicted octanol–water partition coefficient (Wildman–Crippen LogP) is 6.61. The van der Waals surface area contributed by atoms with Gasteiger partial charge in [0.15, 0.2) is 0 Å². The molecule has 0 spiro atoms. The SMILES string of the molecule is Oc1c(Cl)cc(Cl)cc1SNc1cccc(Oc2ccccc2)c1. The molecular weight excluding hydrogens is 365 g/mol. The number of nitrogens with one attached hydrogen (secondary N) is 1. The van der Waals surface area contributed by atoms with Crippen molar-refractivity contribution in [2.45, 2.75) is 4.90 Å². The second-order valence-electron chi connectivity index (χ2n) is 4.88. The number of benzene rings is 3. The van der Waals surface area contributed by atoms with Crippen LogP contribution in [-0.2, 0) is 0 Å². The molecule has 122 valence electrons. The fourth-order valence-electron chi connectivity index (χ4n) is 1.98. The van der Waals surface area contributed by atoms with E-state index in [9.17, 15) is 5.11 Å². The molecule has 3 aromatic carbocycles. The molecule has 3 nitrogen and oxygen atoms in total. The number of para-hydroxylation sites is 1. The van der Waals surface area contributed by atoms with Crippen LogP contribution in [0.15, 0.2) is 71.6 Å². The predicted molar refractivity (Wildman–Crippen MR) is 101 cm³/mol. The number of rotatable bonds is 5. The first-order chi connectivity index (χ1) is 11.6. The fraction of sp³-hybridized carbons (Fsp3) is 0. The summed E-state index contributed by atoms with van der Waals surface area (Å²) in [6.45, 7) is 0. The second kappa shape index (κ2) is 7.71. The first-order valence-electron chi connectivity index (χ1n) is 7.05. The molecule has 0 bridgehead atoms. The third-order valence-electron chi connectivity index (χ3n) is 3.08. The van der Waals surface area contributed by atoms with E-state index in [1.165, 1.54) is 18.0 Å². The fourth-order valence-corrected chi connectivity index (χ4v) is 3.34. The van der Waals surface area contributed by atoms with Crippen molar-refractivity contribution in [2.24, 2.45) is 0 Å². The largest absolute Gasteiger partial charge is 0.505 e. The lowest BCUT2D eigenvalue weighted by Gasteiger charge is -2.10. The van der Waals surface area contributed by atoms with Crippen LogP contribution in [0, 0.1) is 0 Å². The molecule has 0 unspecified atom stereocenters. The Morgan fingerprint density at radius 3 is 2.42 bits per heavy atom. The molecule has 3 aromatic rings. The molecule has 24 heavy (non-hydrogen) atoms. The summed E-state index contributed by atoms with van der Waals surface area (Å²) in [7, 11) is 0. The van der Waals surface area contributed by atoms with Gasteiger partial charge in [-0.2, -0.15) is 0 Å². The van der Waals surface area contributed by atoms with Crippen LogP contribution < -0.4 is 9.46 Å². The molecule has 0 saturated carbocycles. The summed E-state index contributed by atoms with van der Waals surface area (Å²) >= 11 is 13.1. The topological polar surface area (TPSA) is 41.5 Å². The van der Waals surface area contributed by atoms with Crippen molar-refractivity contribution in [3.63, 3.8) is 0 Å². The lowest BCUT2D eigenvalue weighted by atomic mass is 10.3. The zero-order valence-electron chi connectivity index (χ0n) is 12.4. The summed E-state index contributed by atoms with van der Waals surface area (Å²) in [5, 5.41) is 10.7. The van der Waals surface area contributed by atoms with E-state index in [1.807, 2.05) is 54.6 Å². The second-order valence-corrected chi connectivity index (χ2v) is 6.57. The molecule has 0 aromatic heterocycles. The number of hydrogen-bond acceptors (Lipinski definition) is 4. The van der Waals surface area contributed by atoms with Gasteiger partial charge in [-0.05, 0) is 48.3 Å². The Balaban J connectivity index is 1.71. The van der Waals surface area contributed by atoms with Gasteiger partial charge in [-0.25, -0.2) is 0 Å². The minimum atomic E-state index is -0.00439. The third-order valence-corrected chi connectivity index (χ3v) is 4.46. The number of aromatic hydroxyl groups is 1. The zero-order valence-corrected chi connectivity index (χ0v) is 14.7. The van der Waals surface area contributed by atoms with Crippen LogP contribution in [0.1, 0.15) is 0 Å². The summed E-state index contributed by atoms with van der Waals surface area (Å²) in [6.07, 6.45) is 0. The molecule has 6 heteroatoms. The van der Waals surface area contributed by atoms with E-state index in [0.29, 0.717) is 15.7 Å².